The summed E-state index contributed by atoms with van der Waals surface area (Å²) in [5.74, 6) is 0.968. The van der Waals surface area contributed by atoms with Crippen LogP contribution < -0.4 is 20.1 Å². The topological polar surface area (TPSA) is 88.6 Å². The van der Waals surface area contributed by atoms with Crippen LogP contribution in [0.3, 0.4) is 0 Å². The molecule has 2 aromatic rings. The molecule has 0 radical (unpaired) electrons. The second-order valence-corrected chi connectivity index (χ2v) is 8.32. The third kappa shape index (κ3) is 3.57. The zero-order valence-corrected chi connectivity index (χ0v) is 18.9. The molecule has 4 rings (SSSR count). The van der Waals surface area contributed by atoms with Gasteiger partial charge in [0.25, 0.3) is 0 Å². The van der Waals surface area contributed by atoms with Crippen molar-refractivity contribution in [1.29, 1.82) is 5.26 Å². The maximum atomic E-state index is 13.2. The van der Waals surface area contributed by atoms with E-state index >= 15 is 0 Å². The lowest BCUT2D eigenvalue weighted by molar-refractivity contribution is -0.116. The maximum Gasteiger partial charge on any atom is 0.161 e. The van der Waals surface area contributed by atoms with E-state index in [1.165, 1.54) is 0 Å². The number of hydrogen-bond acceptors (Lipinski definition) is 6. The Bertz CT molecular complexity index is 1150. The number of ether oxygens (including phenoxy) is 2. The lowest BCUT2D eigenvalue weighted by Crippen LogP contribution is -2.38. The van der Waals surface area contributed by atoms with Crippen molar-refractivity contribution in [3.8, 4) is 17.6 Å². The van der Waals surface area contributed by atoms with Gasteiger partial charge in [-0.3, -0.25) is 9.69 Å². The van der Waals surface area contributed by atoms with Gasteiger partial charge in [-0.1, -0.05) is 22.0 Å². The van der Waals surface area contributed by atoms with Gasteiger partial charge in [-0.15, -0.1) is 0 Å². The molecule has 0 bridgehead atoms. The van der Waals surface area contributed by atoms with Gasteiger partial charge in [0.15, 0.2) is 17.3 Å². The molecule has 0 spiro atoms. The Hall–Kier alpha value is -3.24. The molecule has 0 fully saturated rings. The highest BCUT2D eigenvalue weighted by Gasteiger charge is 2.40. The SMILES string of the molecule is COc1ccc(C2C(C#N)=C(N)N(c3ccc(Br)cc3)C3=C2C(=O)CCC3)cc1OC. The number of benzene rings is 2. The van der Waals surface area contributed by atoms with Gasteiger partial charge in [0.2, 0.25) is 0 Å². The minimum atomic E-state index is -0.542. The first-order valence-corrected chi connectivity index (χ1v) is 10.7. The molecule has 2 aliphatic rings. The van der Waals surface area contributed by atoms with E-state index in [2.05, 4.69) is 22.0 Å². The first kappa shape index (κ1) is 21.0. The van der Waals surface area contributed by atoms with Crippen LogP contribution in [-0.4, -0.2) is 20.0 Å². The van der Waals surface area contributed by atoms with Crippen LogP contribution >= 0.6 is 15.9 Å². The number of nitrogens with zero attached hydrogens (tertiary/aromatic N) is 2. The van der Waals surface area contributed by atoms with Crippen LogP contribution in [-0.2, 0) is 4.79 Å². The highest BCUT2D eigenvalue weighted by Crippen LogP contribution is 2.47. The molecule has 0 aromatic heterocycles. The molecule has 1 aliphatic heterocycles. The third-order valence-corrected chi connectivity index (χ3v) is 6.27. The van der Waals surface area contributed by atoms with Crippen molar-refractivity contribution in [2.75, 3.05) is 19.1 Å². The summed E-state index contributed by atoms with van der Waals surface area (Å²) in [6.45, 7) is 0. The van der Waals surface area contributed by atoms with Crippen LogP contribution in [0, 0.1) is 11.3 Å². The van der Waals surface area contributed by atoms with E-state index in [1.54, 1.807) is 20.3 Å². The summed E-state index contributed by atoms with van der Waals surface area (Å²) in [6, 6.07) is 15.4. The summed E-state index contributed by atoms with van der Waals surface area (Å²) < 4.78 is 11.7. The second-order valence-electron chi connectivity index (χ2n) is 7.41. The fourth-order valence-electron chi connectivity index (χ4n) is 4.34. The highest BCUT2D eigenvalue weighted by molar-refractivity contribution is 9.10. The Labute approximate surface area is 189 Å². The molecule has 158 valence electrons. The first-order chi connectivity index (χ1) is 15.0. The predicted molar refractivity (Wildman–Crippen MR) is 122 cm³/mol. The Morgan fingerprint density at radius 3 is 2.45 bits per heavy atom. The number of carbonyl (C=O) groups is 1. The molecular formula is C24H22BrN3O3. The van der Waals surface area contributed by atoms with Crippen molar-refractivity contribution in [3.05, 3.63) is 75.2 Å². The maximum absolute atomic E-state index is 13.2. The molecule has 0 saturated carbocycles. The summed E-state index contributed by atoms with van der Waals surface area (Å²) in [5, 5.41) is 10.1. The fraction of sp³-hybridized carbons (Fsp3) is 0.250. The molecule has 0 amide bonds. The van der Waals surface area contributed by atoms with Gasteiger partial charge < -0.3 is 15.2 Å². The molecule has 2 aromatic carbocycles. The van der Waals surface area contributed by atoms with Crippen molar-refractivity contribution in [2.45, 2.75) is 25.2 Å². The zero-order valence-electron chi connectivity index (χ0n) is 17.3. The molecule has 6 nitrogen and oxygen atoms in total. The molecule has 1 aliphatic carbocycles. The molecule has 2 N–H and O–H groups in total. The number of rotatable bonds is 4. The van der Waals surface area contributed by atoms with Crippen LogP contribution in [0.25, 0.3) is 0 Å². The monoisotopic (exact) mass is 479 g/mol. The lowest BCUT2D eigenvalue weighted by Gasteiger charge is -2.39. The number of nitriles is 1. The van der Waals surface area contributed by atoms with Crippen LogP contribution in [0.15, 0.2) is 69.6 Å². The first-order valence-electron chi connectivity index (χ1n) is 9.93. The van der Waals surface area contributed by atoms with E-state index in [-0.39, 0.29) is 5.78 Å². The van der Waals surface area contributed by atoms with Crippen LogP contribution in [0.2, 0.25) is 0 Å². The van der Waals surface area contributed by atoms with E-state index < -0.39 is 5.92 Å². The molecule has 1 unspecified atom stereocenters. The van der Waals surface area contributed by atoms with E-state index in [0.717, 1.165) is 27.8 Å². The van der Waals surface area contributed by atoms with Crippen LogP contribution in [0.1, 0.15) is 30.7 Å². The number of carbonyl (C=O) groups excluding carboxylic acids is 1. The average Bonchev–Trinajstić information content (AvgIpc) is 2.79. The molecule has 1 atom stereocenters. The van der Waals surface area contributed by atoms with Gasteiger partial charge in [0, 0.05) is 27.9 Å². The molecule has 0 saturated heterocycles. The van der Waals surface area contributed by atoms with Crippen LogP contribution in [0.4, 0.5) is 5.69 Å². The number of methoxy groups -OCH3 is 2. The summed E-state index contributed by atoms with van der Waals surface area (Å²) in [4.78, 5) is 15.0. The summed E-state index contributed by atoms with van der Waals surface area (Å²) in [5.41, 5.74) is 10.0. The van der Waals surface area contributed by atoms with E-state index in [0.29, 0.717) is 41.3 Å². The number of anilines is 1. The summed E-state index contributed by atoms with van der Waals surface area (Å²) in [7, 11) is 3.13. The Balaban J connectivity index is 1.94. The Kier molecular flexibility index (Phi) is 5.75. The Morgan fingerprint density at radius 1 is 1.10 bits per heavy atom. The summed E-state index contributed by atoms with van der Waals surface area (Å²) >= 11 is 3.45. The number of halogens is 1. The number of hydrogen-bond donors (Lipinski definition) is 1. The minimum Gasteiger partial charge on any atom is -0.493 e. The zero-order chi connectivity index (χ0) is 22.1. The summed E-state index contributed by atoms with van der Waals surface area (Å²) in [6.07, 6.45) is 1.91. The van der Waals surface area contributed by atoms with Crippen molar-refractivity contribution in [1.82, 2.24) is 0 Å². The number of allylic oxidation sites excluding steroid dienone is 3. The molecule has 7 heteroatoms. The lowest BCUT2D eigenvalue weighted by atomic mass is 9.75. The smallest absolute Gasteiger partial charge is 0.161 e. The highest BCUT2D eigenvalue weighted by atomic mass is 79.9. The van der Waals surface area contributed by atoms with Gasteiger partial charge >= 0.3 is 0 Å². The van der Waals surface area contributed by atoms with Gasteiger partial charge in [-0.05, 0) is 54.8 Å². The molecular weight excluding hydrogens is 458 g/mol. The van der Waals surface area contributed by atoms with Gasteiger partial charge in [-0.2, -0.15) is 5.26 Å². The number of nitrogens with two attached hydrogens (primary N) is 1. The Morgan fingerprint density at radius 2 is 1.81 bits per heavy atom. The van der Waals surface area contributed by atoms with E-state index in [9.17, 15) is 10.1 Å². The van der Waals surface area contributed by atoms with Crippen LogP contribution in [0.5, 0.6) is 11.5 Å². The van der Waals surface area contributed by atoms with Crippen molar-refractivity contribution in [2.24, 2.45) is 5.73 Å². The number of Topliss-reactive ketones (excluding diaryl/α,β-unsaturated/α-hetero) is 1. The van der Waals surface area contributed by atoms with Gasteiger partial charge in [0.1, 0.15) is 5.82 Å². The predicted octanol–water partition coefficient (Wildman–Crippen LogP) is 4.77. The third-order valence-electron chi connectivity index (χ3n) is 5.74. The second kappa shape index (κ2) is 8.48. The van der Waals surface area contributed by atoms with Crippen molar-refractivity contribution < 1.29 is 14.3 Å². The van der Waals surface area contributed by atoms with Crippen molar-refractivity contribution >= 4 is 27.4 Å². The van der Waals surface area contributed by atoms with Gasteiger partial charge in [-0.25, -0.2) is 0 Å². The fourth-order valence-corrected chi connectivity index (χ4v) is 4.60. The minimum absolute atomic E-state index is 0.0448. The quantitative estimate of drug-likeness (QED) is 0.678. The largest absolute Gasteiger partial charge is 0.493 e. The van der Waals surface area contributed by atoms with E-state index in [1.807, 2.05) is 41.3 Å². The number of ketones is 1. The average molecular weight is 480 g/mol. The standard InChI is InChI=1S/C24H22BrN3O3/c1-30-20-11-6-14(12-21(20)31-2)22-17(13-26)24(27)28(16-9-7-15(25)8-10-16)18-4-3-5-19(29)23(18)22/h6-12,22H,3-5,27H2,1-2H3. The normalized spacial score (nSPS) is 18.6. The van der Waals surface area contributed by atoms with Crippen molar-refractivity contribution in [3.63, 3.8) is 0 Å². The molecule has 31 heavy (non-hydrogen) atoms. The molecule has 1 heterocycles. The van der Waals surface area contributed by atoms with Gasteiger partial charge in [0.05, 0.1) is 31.8 Å². The van der Waals surface area contributed by atoms with E-state index in [4.69, 9.17) is 15.2 Å².